The summed E-state index contributed by atoms with van der Waals surface area (Å²) in [6.07, 6.45) is 6.88. The number of hydrogen-bond donors (Lipinski definition) is 0. The second-order valence-corrected chi connectivity index (χ2v) is 3.27. The van der Waals surface area contributed by atoms with Crippen molar-refractivity contribution in [3.8, 4) is 0 Å². The fourth-order valence-corrected chi connectivity index (χ4v) is 1.44. The standard InChI is InChI=1S/C13H11NO/c15-8-4-3-5-11-9-12-6-1-2-7-13(12)14-10-11/h1-3,5-10H,4H2. The summed E-state index contributed by atoms with van der Waals surface area (Å²) in [5.74, 6) is 0. The minimum absolute atomic E-state index is 0.451. The summed E-state index contributed by atoms with van der Waals surface area (Å²) in [7, 11) is 0. The van der Waals surface area contributed by atoms with E-state index in [-0.39, 0.29) is 0 Å². The van der Waals surface area contributed by atoms with Crippen molar-refractivity contribution in [3.63, 3.8) is 0 Å². The Morgan fingerprint density at radius 2 is 2.13 bits per heavy atom. The van der Waals surface area contributed by atoms with Gasteiger partial charge in [-0.15, -0.1) is 0 Å². The van der Waals surface area contributed by atoms with Crippen molar-refractivity contribution in [3.05, 3.63) is 48.2 Å². The van der Waals surface area contributed by atoms with Crippen LogP contribution in [0.5, 0.6) is 0 Å². The number of benzene rings is 1. The fourth-order valence-electron chi connectivity index (χ4n) is 1.44. The molecular weight excluding hydrogens is 186 g/mol. The number of carbonyl (C=O) groups excluding carboxylic acids is 1. The van der Waals surface area contributed by atoms with Gasteiger partial charge in [0.1, 0.15) is 6.29 Å². The number of fused-ring (bicyclic) bond motifs is 1. The van der Waals surface area contributed by atoms with Crippen molar-refractivity contribution in [2.75, 3.05) is 0 Å². The van der Waals surface area contributed by atoms with Crippen molar-refractivity contribution in [1.82, 2.24) is 4.98 Å². The maximum absolute atomic E-state index is 10.1. The van der Waals surface area contributed by atoms with E-state index in [0.717, 1.165) is 22.8 Å². The molecule has 2 heteroatoms. The Kier molecular flexibility index (Phi) is 2.88. The summed E-state index contributed by atoms with van der Waals surface area (Å²) < 4.78 is 0. The molecular formula is C13H11NO. The number of carbonyl (C=O) groups is 1. The maximum atomic E-state index is 10.1. The van der Waals surface area contributed by atoms with Gasteiger partial charge in [0.25, 0.3) is 0 Å². The highest BCUT2D eigenvalue weighted by Gasteiger charge is 1.93. The molecule has 0 saturated carbocycles. The lowest BCUT2D eigenvalue weighted by Crippen LogP contribution is -1.80. The summed E-state index contributed by atoms with van der Waals surface area (Å²) in [6.45, 7) is 0. The average Bonchev–Trinajstić information content (AvgIpc) is 2.29. The molecule has 0 radical (unpaired) electrons. The third-order valence-corrected chi connectivity index (χ3v) is 2.15. The van der Waals surface area contributed by atoms with E-state index >= 15 is 0 Å². The minimum atomic E-state index is 0.451. The molecule has 0 saturated heterocycles. The molecule has 1 heterocycles. The first kappa shape index (κ1) is 9.59. The predicted molar refractivity (Wildman–Crippen MR) is 61.5 cm³/mol. The molecule has 0 aliphatic heterocycles. The molecule has 0 unspecified atom stereocenters. The van der Waals surface area contributed by atoms with Crippen LogP contribution in [0.3, 0.4) is 0 Å². The first-order valence-corrected chi connectivity index (χ1v) is 4.85. The molecule has 15 heavy (non-hydrogen) atoms. The van der Waals surface area contributed by atoms with Crippen LogP contribution in [0.1, 0.15) is 12.0 Å². The zero-order chi connectivity index (χ0) is 10.5. The summed E-state index contributed by atoms with van der Waals surface area (Å²) in [6, 6.07) is 10.0. The zero-order valence-corrected chi connectivity index (χ0v) is 8.26. The van der Waals surface area contributed by atoms with Gasteiger partial charge in [-0.05, 0) is 17.7 Å². The van der Waals surface area contributed by atoms with Crippen molar-refractivity contribution < 1.29 is 4.79 Å². The van der Waals surface area contributed by atoms with Gasteiger partial charge in [0.15, 0.2) is 0 Å². The van der Waals surface area contributed by atoms with Crippen LogP contribution in [0.2, 0.25) is 0 Å². The number of hydrogen-bond acceptors (Lipinski definition) is 2. The predicted octanol–water partition coefficient (Wildman–Crippen LogP) is 2.84. The monoisotopic (exact) mass is 197 g/mol. The van der Waals surface area contributed by atoms with E-state index < -0.39 is 0 Å². The lowest BCUT2D eigenvalue weighted by Gasteiger charge is -1.97. The molecule has 0 aliphatic rings. The van der Waals surface area contributed by atoms with Crippen molar-refractivity contribution in [2.45, 2.75) is 6.42 Å². The van der Waals surface area contributed by atoms with Gasteiger partial charge in [0.2, 0.25) is 0 Å². The Bertz CT molecular complexity index is 503. The normalized spacial score (nSPS) is 10.9. The van der Waals surface area contributed by atoms with E-state index in [2.05, 4.69) is 11.1 Å². The van der Waals surface area contributed by atoms with Crippen molar-refractivity contribution in [1.29, 1.82) is 0 Å². The average molecular weight is 197 g/mol. The number of para-hydroxylation sites is 1. The Morgan fingerprint density at radius 3 is 3.00 bits per heavy atom. The van der Waals surface area contributed by atoms with Gasteiger partial charge in [0.05, 0.1) is 5.52 Å². The van der Waals surface area contributed by atoms with Gasteiger partial charge < -0.3 is 4.79 Å². The van der Waals surface area contributed by atoms with Crippen LogP contribution in [0, 0.1) is 0 Å². The van der Waals surface area contributed by atoms with E-state index in [1.54, 1.807) is 0 Å². The van der Waals surface area contributed by atoms with E-state index in [0.29, 0.717) is 6.42 Å². The van der Waals surface area contributed by atoms with Crippen LogP contribution in [0.15, 0.2) is 42.6 Å². The van der Waals surface area contributed by atoms with Gasteiger partial charge in [-0.2, -0.15) is 0 Å². The number of rotatable bonds is 3. The molecule has 0 bridgehead atoms. The Labute approximate surface area is 88.3 Å². The van der Waals surface area contributed by atoms with Gasteiger partial charge in [-0.3, -0.25) is 4.98 Å². The molecule has 0 amide bonds. The van der Waals surface area contributed by atoms with Crippen LogP contribution in [-0.4, -0.2) is 11.3 Å². The highest BCUT2D eigenvalue weighted by atomic mass is 16.1. The third-order valence-electron chi connectivity index (χ3n) is 2.15. The summed E-state index contributed by atoms with van der Waals surface area (Å²) in [5.41, 5.74) is 2.01. The number of allylic oxidation sites excluding steroid dienone is 1. The first-order valence-electron chi connectivity index (χ1n) is 4.85. The number of nitrogens with zero attached hydrogens (tertiary/aromatic N) is 1. The lowest BCUT2D eigenvalue weighted by molar-refractivity contribution is -0.107. The Morgan fingerprint density at radius 1 is 1.27 bits per heavy atom. The molecule has 2 rings (SSSR count). The number of aromatic nitrogens is 1. The molecule has 2 aromatic rings. The van der Waals surface area contributed by atoms with Gasteiger partial charge in [-0.25, -0.2) is 0 Å². The van der Waals surface area contributed by atoms with Crippen LogP contribution >= 0.6 is 0 Å². The lowest BCUT2D eigenvalue weighted by atomic mass is 10.1. The zero-order valence-electron chi connectivity index (χ0n) is 8.26. The first-order chi connectivity index (χ1) is 7.40. The molecule has 0 atom stereocenters. The van der Waals surface area contributed by atoms with Crippen LogP contribution in [0.4, 0.5) is 0 Å². The Hall–Kier alpha value is -1.96. The topological polar surface area (TPSA) is 30.0 Å². The largest absolute Gasteiger partial charge is 0.303 e. The molecule has 0 spiro atoms. The molecule has 74 valence electrons. The summed E-state index contributed by atoms with van der Waals surface area (Å²) in [5, 5.41) is 1.12. The van der Waals surface area contributed by atoms with Crippen LogP contribution in [0.25, 0.3) is 17.0 Å². The number of pyridine rings is 1. The van der Waals surface area contributed by atoms with Crippen molar-refractivity contribution >= 4 is 23.3 Å². The molecule has 0 aliphatic carbocycles. The second kappa shape index (κ2) is 4.51. The van der Waals surface area contributed by atoms with Gasteiger partial charge >= 0.3 is 0 Å². The number of aldehydes is 1. The summed E-state index contributed by atoms with van der Waals surface area (Å²) >= 11 is 0. The maximum Gasteiger partial charge on any atom is 0.123 e. The third kappa shape index (κ3) is 2.29. The highest BCUT2D eigenvalue weighted by Crippen LogP contribution is 2.13. The minimum Gasteiger partial charge on any atom is -0.303 e. The smallest absolute Gasteiger partial charge is 0.123 e. The van der Waals surface area contributed by atoms with E-state index in [9.17, 15) is 4.79 Å². The molecule has 1 aromatic heterocycles. The second-order valence-electron chi connectivity index (χ2n) is 3.27. The van der Waals surface area contributed by atoms with E-state index in [1.807, 2.05) is 42.6 Å². The SMILES string of the molecule is O=CCC=Cc1cnc2ccccc2c1. The molecule has 2 nitrogen and oxygen atoms in total. The molecule has 1 aromatic carbocycles. The van der Waals surface area contributed by atoms with Crippen LogP contribution in [-0.2, 0) is 4.79 Å². The highest BCUT2D eigenvalue weighted by molar-refractivity contribution is 5.80. The van der Waals surface area contributed by atoms with Crippen LogP contribution < -0.4 is 0 Å². The Balaban J connectivity index is 2.34. The van der Waals surface area contributed by atoms with E-state index in [4.69, 9.17) is 0 Å². The van der Waals surface area contributed by atoms with Gasteiger partial charge in [0, 0.05) is 18.0 Å². The van der Waals surface area contributed by atoms with E-state index in [1.165, 1.54) is 0 Å². The van der Waals surface area contributed by atoms with Gasteiger partial charge in [-0.1, -0.05) is 30.4 Å². The van der Waals surface area contributed by atoms with Crippen molar-refractivity contribution in [2.24, 2.45) is 0 Å². The molecule has 0 fully saturated rings. The quantitative estimate of drug-likeness (QED) is 0.708. The molecule has 0 N–H and O–H groups in total. The summed E-state index contributed by atoms with van der Waals surface area (Å²) in [4.78, 5) is 14.5. The fraction of sp³-hybridized carbons (Fsp3) is 0.0769.